The van der Waals surface area contributed by atoms with Crippen LogP contribution in [0, 0.1) is 0 Å². The third kappa shape index (κ3) is 1.90. The smallest absolute Gasteiger partial charge is 0.120 e. The number of fused-ring (bicyclic) bond motifs is 1. The van der Waals surface area contributed by atoms with E-state index in [1.54, 1.807) is 0 Å². The highest BCUT2D eigenvalue weighted by molar-refractivity contribution is 6.35. The molecular weight excluding hydrogens is 210 g/mol. The predicted molar refractivity (Wildman–Crippen MR) is 62.3 cm³/mol. The summed E-state index contributed by atoms with van der Waals surface area (Å²) in [6, 6.07) is 6.13. The minimum absolute atomic E-state index is 0.573. The maximum absolute atomic E-state index is 10.3. The normalized spacial score (nSPS) is 10.8. The number of nitrogens with zero attached hydrogens (tertiary/aromatic N) is 1. The lowest BCUT2D eigenvalue weighted by Crippen LogP contribution is -1.88. The molecule has 1 heterocycles. The van der Waals surface area contributed by atoms with Crippen molar-refractivity contribution in [2.45, 2.75) is 12.8 Å². The zero-order valence-corrected chi connectivity index (χ0v) is 9.29. The maximum Gasteiger partial charge on any atom is 0.120 e. The van der Waals surface area contributed by atoms with Crippen molar-refractivity contribution < 1.29 is 4.79 Å². The van der Waals surface area contributed by atoms with E-state index in [1.165, 1.54) is 5.56 Å². The van der Waals surface area contributed by atoms with Gasteiger partial charge < -0.3 is 9.36 Å². The van der Waals surface area contributed by atoms with Crippen molar-refractivity contribution in [2.24, 2.45) is 7.05 Å². The molecule has 2 rings (SSSR count). The first kappa shape index (κ1) is 10.2. The molecule has 1 aromatic carbocycles. The van der Waals surface area contributed by atoms with Crippen molar-refractivity contribution >= 4 is 28.8 Å². The fraction of sp³-hybridized carbons (Fsp3) is 0.250. The number of carbonyl (C=O) groups is 1. The van der Waals surface area contributed by atoms with Gasteiger partial charge in [-0.15, -0.1) is 0 Å². The van der Waals surface area contributed by atoms with Crippen LogP contribution in [0.1, 0.15) is 12.0 Å². The van der Waals surface area contributed by atoms with Crippen molar-refractivity contribution in [1.82, 2.24) is 4.57 Å². The van der Waals surface area contributed by atoms with E-state index in [-0.39, 0.29) is 0 Å². The molecule has 0 bridgehead atoms. The van der Waals surface area contributed by atoms with Gasteiger partial charge >= 0.3 is 0 Å². The lowest BCUT2D eigenvalue weighted by atomic mass is 10.1. The summed E-state index contributed by atoms with van der Waals surface area (Å²) >= 11 is 6.06. The zero-order chi connectivity index (χ0) is 10.8. The second-order valence-electron chi connectivity index (χ2n) is 3.64. The van der Waals surface area contributed by atoms with Gasteiger partial charge in [-0.3, -0.25) is 0 Å². The molecular formula is C12H12ClNO. The highest BCUT2D eigenvalue weighted by Crippen LogP contribution is 2.26. The highest BCUT2D eigenvalue weighted by atomic mass is 35.5. The SMILES string of the molecule is Cn1cc(Cl)c2ccc(CCC=O)cc21. The number of hydrogen-bond acceptors (Lipinski definition) is 1. The fourth-order valence-electron chi connectivity index (χ4n) is 1.76. The van der Waals surface area contributed by atoms with Gasteiger partial charge in [0.05, 0.1) is 5.02 Å². The van der Waals surface area contributed by atoms with Crippen LogP contribution in [-0.4, -0.2) is 10.9 Å². The Morgan fingerprint density at radius 3 is 3.00 bits per heavy atom. The second-order valence-corrected chi connectivity index (χ2v) is 4.05. The Bertz CT molecular complexity index is 502. The average Bonchev–Trinajstić information content (AvgIpc) is 2.52. The number of aromatic nitrogens is 1. The first-order valence-electron chi connectivity index (χ1n) is 4.89. The maximum atomic E-state index is 10.3. The summed E-state index contributed by atoms with van der Waals surface area (Å²) in [6.07, 6.45) is 4.21. The Kier molecular flexibility index (Phi) is 2.78. The average molecular weight is 222 g/mol. The summed E-state index contributed by atoms with van der Waals surface area (Å²) in [4.78, 5) is 10.3. The molecule has 0 amide bonds. The first-order valence-corrected chi connectivity index (χ1v) is 5.27. The van der Waals surface area contributed by atoms with Crippen LogP contribution in [0.5, 0.6) is 0 Å². The van der Waals surface area contributed by atoms with E-state index in [0.717, 1.165) is 28.6 Å². The van der Waals surface area contributed by atoms with E-state index in [1.807, 2.05) is 29.9 Å². The predicted octanol–water partition coefficient (Wildman–Crippen LogP) is 2.96. The van der Waals surface area contributed by atoms with Crippen LogP contribution in [0.2, 0.25) is 5.02 Å². The summed E-state index contributed by atoms with van der Waals surface area (Å²) in [5.74, 6) is 0. The van der Waals surface area contributed by atoms with Gasteiger partial charge in [0.15, 0.2) is 0 Å². The Balaban J connectivity index is 2.45. The Morgan fingerprint density at radius 2 is 2.27 bits per heavy atom. The molecule has 0 saturated carbocycles. The summed E-state index contributed by atoms with van der Waals surface area (Å²) in [6.45, 7) is 0. The van der Waals surface area contributed by atoms with Crippen molar-refractivity contribution in [3.63, 3.8) is 0 Å². The minimum Gasteiger partial charge on any atom is -0.349 e. The van der Waals surface area contributed by atoms with Crippen LogP contribution in [0.25, 0.3) is 10.9 Å². The second kappa shape index (κ2) is 4.07. The van der Waals surface area contributed by atoms with Gasteiger partial charge in [0.1, 0.15) is 6.29 Å². The van der Waals surface area contributed by atoms with E-state index in [9.17, 15) is 4.79 Å². The fourth-order valence-corrected chi connectivity index (χ4v) is 2.07. The highest BCUT2D eigenvalue weighted by Gasteiger charge is 2.04. The van der Waals surface area contributed by atoms with E-state index in [0.29, 0.717) is 6.42 Å². The first-order chi connectivity index (χ1) is 7.22. The summed E-state index contributed by atoms with van der Waals surface area (Å²) in [5.41, 5.74) is 2.29. The molecule has 78 valence electrons. The van der Waals surface area contributed by atoms with Gasteiger partial charge in [-0.2, -0.15) is 0 Å². The van der Waals surface area contributed by atoms with Crippen LogP contribution in [0.4, 0.5) is 0 Å². The van der Waals surface area contributed by atoms with Gasteiger partial charge in [0, 0.05) is 30.6 Å². The van der Waals surface area contributed by atoms with Gasteiger partial charge in [-0.25, -0.2) is 0 Å². The van der Waals surface area contributed by atoms with Crippen LogP contribution < -0.4 is 0 Å². The van der Waals surface area contributed by atoms with E-state index in [4.69, 9.17) is 11.6 Å². The Labute approximate surface area is 93.5 Å². The number of hydrogen-bond donors (Lipinski definition) is 0. The van der Waals surface area contributed by atoms with Crippen molar-refractivity contribution in [2.75, 3.05) is 0 Å². The molecule has 0 fully saturated rings. The van der Waals surface area contributed by atoms with Crippen molar-refractivity contribution in [1.29, 1.82) is 0 Å². The molecule has 2 nitrogen and oxygen atoms in total. The summed E-state index contributed by atoms with van der Waals surface area (Å²) < 4.78 is 2.00. The van der Waals surface area contributed by atoms with Crippen LogP contribution in [-0.2, 0) is 18.3 Å². The molecule has 1 aromatic heterocycles. The van der Waals surface area contributed by atoms with Crippen LogP contribution >= 0.6 is 11.6 Å². The van der Waals surface area contributed by atoms with Crippen molar-refractivity contribution in [3.8, 4) is 0 Å². The Morgan fingerprint density at radius 1 is 1.47 bits per heavy atom. The van der Waals surface area contributed by atoms with Crippen LogP contribution in [0.3, 0.4) is 0 Å². The number of benzene rings is 1. The molecule has 0 aliphatic rings. The molecule has 0 aliphatic heterocycles. The van der Waals surface area contributed by atoms with E-state index >= 15 is 0 Å². The number of carbonyl (C=O) groups excluding carboxylic acids is 1. The van der Waals surface area contributed by atoms with Crippen molar-refractivity contribution in [3.05, 3.63) is 35.0 Å². The Hall–Kier alpha value is -1.28. The third-order valence-electron chi connectivity index (χ3n) is 2.56. The summed E-state index contributed by atoms with van der Waals surface area (Å²) in [7, 11) is 1.97. The third-order valence-corrected chi connectivity index (χ3v) is 2.86. The zero-order valence-electron chi connectivity index (χ0n) is 8.53. The largest absolute Gasteiger partial charge is 0.349 e. The molecule has 0 unspecified atom stereocenters. The molecule has 0 atom stereocenters. The van der Waals surface area contributed by atoms with Gasteiger partial charge in [0.2, 0.25) is 0 Å². The molecule has 15 heavy (non-hydrogen) atoms. The topological polar surface area (TPSA) is 22.0 Å². The number of rotatable bonds is 3. The van der Waals surface area contributed by atoms with Crippen LogP contribution in [0.15, 0.2) is 24.4 Å². The molecule has 0 aliphatic carbocycles. The monoisotopic (exact) mass is 221 g/mol. The summed E-state index contributed by atoms with van der Waals surface area (Å²) in [5, 5.41) is 1.84. The number of aldehydes is 1. The lowest BCUT2D eigenvalue weighted by molar-refractivity contribution is -0.107. The number of halogens is 1. The molecule has 0 spiro atoms. The molecule has 2 aromatic rings. The number of aryl methyl sites for hydroxylation is 2. The standard InChI is InChI=1S/C12H12ClNO/c1-14-8-11(13)10-5-4-9(3-2-6-15)7-12(10)14/h4-8H,2-3H2,1H3. The van der Waals surface area contributed by atoms with Gasteiger partial charge in [-0.1, -0.05) is 23.7 Å². The quantitative estimate of drug-likeness (QED) is 0.731. The lowest BCUT2D eigenvalue weighted by Gasteiger charge is -2.00. The minimum atomic E-state index is 0.573. The molecule has 0 saturated heterocycles. The van der Waals surface area contributed by atoms with E-state index < -0.39 is 0 Å². The molecule has 0 N–H and O–H groups in total. The van der Waals surface area contributed by atoms with Gasteiger partial charge in [-0.05, 0) is 18.1 Å². The van der Waals surface area contributed by atoms with Gasteiger partial charge in [0.25, 0.3) is 0 Å². The van der Waals surface area contributed by atoms with E-state index in [2.05, 4.69) is 6.07 Å². The molecule has 3 heteroatoms. The molecule has 0 radical (unpaired) electrons.